The van der Waals surface area contributed by atoms with E-state index in [9.17, 15) is 22.8 Å². The summed E-state index contributed by atoms with van der Waals surface area (Å²) in [6, 6.07) is 6.45. The Bertz CT molecular complexity index is 1090. The van der Waals surface area contributed by atoms with Crippen molar-refractivity contribution in [2.45, 2.75) is 44.3 Å². The zero-order chi connectivity index (χ0) is 22.3. The van der Waals surface area contributed by atoms with Crippen LogP contribution in [0.2, 0.25) is 0 Å². The first-order chi connectivity index (χ1) is 13.9. The van der Waals surface area contributed by atoms with Gasteiger partial charge in [-0.3, -0.25) is 19.0 Å². The molecule has 1 aliphatic rings. The lowest BCUT2D eigenvalue weighted by atomic mass is 9.94. The van der Waals surface area contributed by atoms with E-state index in [-0.39, 0.29) is 23.3 Å². The molecule has 1 aliphatic heterocycles. The largest absolute Gasteiger partial charge is 0.422 e. The second-order valence-electron chi connectivity index (χ2n) is 7.74. The molecule has 0 N–H and O–H groups in total. The Labute approximate surface area is 174 Å². The molecule has 0 radical (unpaired) electrons. The van der Waals surface area contributed by atoms with Crippen LogP contribution in [-0.2, 0) is 35.3 Å². The van der Waals surface area contributed by atoms with Gasteiger partial charge in [-0.05, 0) is 49.1 Å². The molecule has 1 fully saturated rings. The van der Waals surface area contributed by atoms with E-state index in [0.29, 0.717) is 11.1 Å². The molecule has 9 heteroatoms. The standard InChI is InChI=1S/C21H23NO7S/c1-13-7-8-15(18(23)22-11-5-6-12-22)17(30(4,26)27)14(13)9-10-16-19(24)28-21(2,3)29-20(16)25/h5-8,11-12,16H,9-10H2,1-4H3. The number of sulfone groups is 1. The van der Waals surface area contributed by atoms with Crippen molar-refractivity contribution in [3.63, 3.8) is 0 Å². The first-order valence-corrected chi connectivity index (χ1v) is 11.3. The zero-order valence-corrected chi connectivity index (χ0v) is 18.0. The first-order valence-electron chi connectivity index (χ1n) is 9.36. The summed E-state index contributed by atoms with van der Waals surface area (Å²) >= 11 is 0. The number of cyclic esters (lactones) is 2. The van der Waals surface area contributed by atoms with E-state index in [1.807, 2.05) is 0 Å². The minimum Gasteiger partial charge on any atom is -0.422 e. The summed E-state index contributed by atoms with van der Waals surface area (Å²) in [4.78, 5) is 37.3. The van der Waals surface area contributed by atoms with E-state index in [2.05, 4.69) is 0 Å². The van der Waals surface area contributed by atoms with E-state index in [1.54, 1.807) is 25.1 Å². The van der Waals surface area contributed by atoms with Gasteiger partial charge in [-0.1, -0.05) is 6.07 Å². The van der Waals surface area contributed by atoms with Gasteiger partial charge in [0.25, 0.3) is 11.7 Å². The van der Waals surface area contributed by atoms with Crippen molar-refractivity contribution in [2.24, 2.45) is 5.92 Å². The van der Waals surface area contributed by atoms with Gasteiger partial charge in [0, 0.05) is 32.5 Å². The number of aromatic nitrogens is 1. The van der Waals surface area contributed by atoms with Crippen LogP contribution in [0.3, 0.4) is 0 Å². The molecular formula is C21H23NO7S. The molecule has 0 atom stereocenters. The highest BCUT2D eigenvalue weighted by Crippen LogP contribution is 2.30. The van der Waals surface area contributed by atoms with Crippen LogP contribution in [0, 0.1) is 12.8 Å². The van der Waals surface area contributed by atoms with Gasteiger partial charge in [0.1, 0.15) is 0 Å². The van der Waals surface area contributed by atoms with E-state index in [4.69, 9.17) is 9.47 Å². The highest BCUT2D eigenvalue weighted by Gasteiger charge is 2.43. The molecule has 0 saturated carbocycles. The third-order valence-electron chi connectivity index (χ3n) is 4.88. The van der Waals surface area contributed by atoms with Gasteiger partial charge in [-0.2, -0.15) is 0 Å². The van der Waals surface area contributed by atoms with Crippen LogP contribution >= 0.6 is 0 Å². The van der Waals surface area contributed by atoms with Gasteiger partial charge in [0.15, 0.2) is 15.8 Å². The molecule has 2 heterocycles. The van der Waals surface area contributed by atoms with Crippen LogP contribution in [0.15, 0.2) is 41.6 Å². The quantitative estimate of drug-likeness (QED) is 0.526. The average molecular weight is 433 g/mol. The molecule has 0 unspecified atom stereocenters. The van der Waals surface area contributed by atoms with Crippen molar-refractivity contribution >= 4 is 27.7 Å². The number of carbonyl (C=O) groups excluding carboxylic acids is 3. The van der Waals surface area contributed by atoms with Crippen LogP contribution in [0.5, 0.6) is 0 Å². The molecule has 0 bridgehead atoms. The maximum atomic E-state index is 12.9. The fraction of sp³-hybridized carbons (Fsp3) is 0.381. The number of ether oxygens (including phenoxy) is 2. The van der Waals surface area contributed by atoms with Crippen molar-refractivity contribution in [1.82, 2.24) is 4.57 Å². The van der Waals surface area contributed by atoms with Crippen LogP contribution in [0.4, 0.5) is 0 Å². The van der Waals surface area contributed by atoms with Crippen LogP contribution in [0.25, 0.3) is 0 Å². The lowest BCUT2D eigenvalue weighted by Gasteiger charge is -2.33. The Morgan fingerprint density at radius 3 is 2.20 bits per heavy atom. The highest BCUT2D eigenvalue weighted by molar-refractivity contribution is 7.90. The smallest absolute Gasteiger partial charge is 0.323 e. The van der Waals surface area contributed by atoms with E-state index in [1.165, 1.54) is 36.9 Å². The molecule has 8 nitrogen and oxygen atoms in total. The van der Waals surface area contributed by atoms with Crippen LogP contribution < -0.4 is 0 Å². The Hall–Kier alpha value is -2.94. The topological polar surface area (TPSA) is 109 Å². The molecular weight excluding hydrogens is 410 g/mol. The zero-order valence-electron chi connectivity index (χ0n) is 17.2. The summed E-state index contributed by atoms with van der Waals surface area (Å²) in [7, 11) is -3.79. The summed E-state index contributed by atoms with van der Waals surface area (Å²) in [5, 5.41) is 0. The molecule has 30 heavy (non-hydrogen) atoms. The number of carbonyl (C=O) groups is 3. The highest BCUT2D eigenvalue weighted by atomic mass is 32.2. The molecule has 3 rings (SSSR count). The van der Waals surface area contributed by atoms with Crippen molar-refractivity contribution in [1.29, 1.82) is 0 Å². The fourth-order valence-electron chi connectivity index (χ4n) is 3.51. The molecule has 0 aliphatic carbocycles. The SMILES string of the molecule is Cc1ccc(C(=O)n2cccc2)c(S(C)(=O)=O)c1CCC1C(=O)OC(C)(C)OC1=O. The summed E-state index contributed by atoms with van der Waals surface area (Å²) in [5.74, 6) is -4.40. The maximum Gasteiger partial charge on any atom is 0.323 e. The lowest BCUT2D eigenvalue weighted by molar-refractivity contribution is -0.240. The first kappa shape index (κ1) is 21.8. The number of hydrogen-bond donors (Lipinski definition) is 0. The van der Waals surface area contributed by atoms with Gasteiger partial charge in [0.05, 0.1) is 10.5 Å². The second-order valence-corrected chi connectivity index (χ2v) is 9.69. The van der Waals surface area contributed by atoms with Crippen molar-refractivity contribution in [3.05, 3.63) is 53.3 Å². The maximum absolute atomic E-state index is 12.9. The molecule has 0 amide bonds. The summed E-state index contributed by atoms with van der Waals surface area (Å²) in [6.45, 7) is 4.64. The predicted molar refractivity (Wildman–Crippen MR) is 107 cm³/mol. The number of benzene rings is 1. The Morgan fingerprint density at radius 1 is 1.10 bits per heavy atom. The van der Waals surface area contributed by atoms with Gasteiger partial charge in [-0.15, -0.1) is 0 Å². The summed E-state index contributed by atoms with van der Waals surface area (Å²) < 4.78 is 36.8. The van der Waals surface area contributed by atoms with E-state index in [0.717, 1.165) is 6.26 Å². The van der Waals surface area contributed by atoms with E-state index >= 15 is 0 Å². The van der Waals surface area contributed by atoms with Crippen LogP contribution in [-0.4, -0.2) is 42.9 Å². The lowest BCUT2D eigenvalue weighted by Crippen LogP contribution is -2.46. The molecule has 2 aromatic rings. The summed E-state index contributed by atoms with van der Waals surface area (Å²) in [6.07, 6.45) is 4.17. The normalized spacial score (nSPS) is 16.8. The third kappa shape index (κ3) is 4.30. The third-order valence-corrected chi connectivity index (χ3v) is 6.09. The average Bonchev–Trinajstić information content (AvgIpc) is 3.14. The number of aryl methyl sites for hydroxylation is 1. The molecule has 1 aromatic carbocycles. The number of rotatable bonds is 5. The van der Waals surface area contributed by atoms with Crippen molar-refractivity contribution in [3.8, 4) is 0 Å². The summed E-state index contributed by atoms with van der Waals surface area (Å²) in [5.41, 5.74) is 1.06. The molecule has 160 valence electrons. The molecule has 1 saturated heterocycles. The predicted octanol–water partition coefficient (Wildman–Crippen LogP) is 2.27. The van der Waals surface area contributed by atoms with Crippen molar-refractivity contribution < 1.29 is 32.3 Å². The fourth-order valence-corrected chi connectivity index (χ4v) is 4.77. The monoisotopic (exact) mass is 433 g/mol. The Balaban J connectivity index is 1.99. The Kier molecular flexibility index (Phi) is 5.60. The van der Waals surface area contributed by atoms with Crippen LogP contribution in [0.1, 0.15) is 41.8 Å². The molecule has 1 aromatic heterocycles. The van der Waals surface area contributed by atoms with Gasteiger partial charge in [-0.25, -0.2) is 8.42 Å². The number of nitrogens with zero attached hydrogens (tertiary/aromatic N) is 1. The number of esters is 2. The van der Waals surface area contributed by atoms with Gasteiger partial charge < -0.3 is 9.47 Å². The minimum absolute atomic E-state index is 0.00172. The van der Waals surface area contributed by atoms with Gasteiger partial charge >= 0.3 is 11.9 Å². The minimum atomic E-state index is -3.79. The Morgan fingerprint density at radius 2 is 1.67 bits per heavy atom. The second kappa shape index (κ2) is 7.71. The van der Waals surface area contributed by atoms with Gasteiger partial charge in [0.2, 0.25) is 0 Å². The number of hydrogen-bond acceptors (Lipinski definition) is 7. The molecule has 0 spiro atoms. The van der Waals surface area contributed by atoms with E-state index < -0.39 is 39.4 Å². The van der Waals surface area contributed by atoms with Crippen molar-refractivity contribution in [2.75, 3.05) is 6.26 Å².